The van der Waals surface area contributed by atoms with Crippen molar-refractivity contribution in [2.24, 2.45) is 0 Å². The van der Waals surface area contributed by atoms with Crippen LogP contribution in [0.15, 0.2) is 17.2 Å². The molecule has 0 aliphatic rings. The topological polar surface area (TPSA) is 129 Å². The molecule has 0 spiro atoms. The first kappa shape index (κ1) is 16.6. The Kier molecular flexibility index (Phi) is 4.92. The summed E-state index contributed by atoms with van der Waals surface area (Å²) in [5.41, 5.74) is -1.57. The Bertz CT molecular complexity index is 588. The second kappa shape index (κ2) is 5.92. The first-order chi connectivity index (χ1) is 9.19. The Balaban J connectivity index is 3.20. The molecule has 0 aromatic carbocycles. The molecule has 0 aliphatic carbocycles. The number of carboxylic acids is 1. The molecule has 0 atom stereocenters. The molecule has 0 fully saturated rings. The lowest BCUT2D eigenvalue weighted by molar-refractivity contribution is 0.0685. The third-order valence-electron chi connectivity index (χ3n) is 2.82. The van der Waals surface area contributed by atoms with E-state index in [4.69, 9.17) is 15.3 Å². The first-order valence-corrected chi connectivity index (χ1v) is 7.36. The molecule has 1 heterocycles. The molecular weight excluding hydrogens is 288 g/mol. The van der Waals surface area contributed by atoms with Crippen molar-refractivity contribution in [3.05, 3.63) is 18.0 Å². The Morgan fingerprint density at radius 2 is 1.95 bits per heavy atom. The van der Waals surface area contributed by atoms with Gasteiger partial charge in [0.25, 0.3) is 0 Å². The minimum absolute atomic E-state index is 0.150. The monoisotopic (exact) mass is 306 g/mol. The molecular formula is C11H18N2O6S. The van der Waals surface area contributed by atoms with Crippen molar-refractivity contribution in [2.75, 3.05) is 13.2 Å². The van der Waals surface area contributed by atoms with Crippen molar-refractivity contribution >= 4 is 16.0 Å². The van der Waals surface area contributed by atoms with E-state index in [9.17, 15) is 13.2 Å². The predicted molar refractivity (Wildman–Crippen MR) is 70.0 cm³/mol. The van der Waals surface area contributed by atoms with Crippen LogP contribution in [0.1, 0.15) is 24.3 Å². The van der Waals surface area contributed by atoms with Crippen LogP contribution in [0.5, 0.6) is 0 Å². The maximum absolute atomic E-state index is 12.1. The SMILES string of the molecule is CCn1cc(S(=O)(=O)NC(C)(CO)CO)cc1C(=O)O. The average Bonchev–Trinajstić information content (AvgIpc) is 2.83. The summed E-state index contributed by atoms with van der Waals surface area (Å²) in [5.74, 6) is -1.24. The largest absolute Gasteiger partial charge is 0.477 e. The van der Waals surface area contributed by atoms with Gasteiger partial charge in [-0.25, -0.2) is 17.9 Å². The van der Waals surface area contributed by atoms with Crippen LogP contribution in [0.25, 0.3) is 0 Å². The van der Waals surface area contributed by atoms with E-state index >= 15 is 0 Å². The summed E-state index contributed by atoms with van der Waals surface area (Å²) in [6.45, 7) is 2.13. The van der Waals surface area contributed by atoms with Gasteiger partial charge in [-0.15, -0.1) is 0 Å². The number of aromatic carboxylic acids is 1. The number of nitrogens with zero attached hydrogens (tertiary/aromatic N) is 1. The van der Waals surface area contributed by atoms with Crippen molar-refractivity contribution < 1.29 is 28.5 Å². The number of aliphatic hydroxyl groups is 2. The quantitative estimate of drug-likeness (QED) is 0.523. The second-order valence-electron chi connectivity index (χ2n) is 4.63. The van der Waals surface area contributed by atoms with E-state index in [1.54, 1.807) is 6.92 Å². The zero-order chi connectivity index (χ0) is 15.6. The molecule has 1 aromatic rings. The van der Waals surface area contributed by atoms with E-state index in [0.717, 1.165) is 6.07 Å². The zero-order valence-corrected chi connectivity index (χ0v) is 12.0. The molecule has 0 bridgehead atoms. The highest BCUT2D eigenvalue weighted by Gasteiger charge is 2.31. The van der Waals surface area contributed by atoms with E-state index in [1.165, 1.54) is 17.7 Å². The van der Waals surface area contributed by atoms with Crippen LogP contribution in [0.2, 0.25) is 0 Å². The van der Waals surface area contributed by atoms with E-state index in [1.807, 2.05) is 0 Å². The van der Waals surface area contributed by atoms with Crippen LogP contribution in [-0.4, -0.2) is 53.0 Å². The number of aromatic nitrogens is 1. The Labute approximate surface area is 116 Å². The fourth-order valence-electron chi connectivity index (χ4n) is 1.57. The lowest BCUT2D eigenvalue weighted by Gasteiger charge is -2.25. The van der Waals surface area contributed by atoms with Gasteiger partial charge in [0.15, 0.2) is 0 Å². The van der Waals surface area contributed by atoms with Gasteiger partial charge in [-0.05, 0) is 19.9 Å². The van der Waals surface area contributed by atoms with Crippen LogP contribution >= 0.6 is 0 Å². The molecule has 1 aromatic heterocycles. The fourth-order valence-corrected chi connectivity index (χ4v) is 3.00. The van der Waals surface area contributed by atoms with Crippen molar-refractivity contribution in [3.63, 3.8) is 0 Å². The highest BCUT2D eigenvalue weighted by Crippen LogP contribution is 2.17. The van der Waals surface area contributed by atoms with Gasteiger partial charge in [0.2, 0.25) is 10.0 Å². The number of rotatable bonds is 7. The number of carboxylic acid groups (broad SMARTS) is 1. The fraction of sp³-hybridized carbons (Fsp3) is 0.545. The lowest BCUT2D eigenvalue weighted by Crippen LogP contribution is -2.51. The van der Waals surface area contributed by atoms with Gasteiger partial charge in [0, 0.05) is 12.7 Å². The second-order valence-corrected chi connectivity index (χ2v) is 6.32. The van der Waals surface area contributed by atoms with E-state index in [-0.39, 0.29) is 10.6 Å². The van der Waals surface area contributed by atoms with Gasteiger partial charge in [-0.1, -0.05) is 0 Å². The standard InChI is InChI=1S/C11H18N2O6S/c1-3-13-5-8(4-9(13)10(16)17)20(18,19)12-11(2,6-14)7-15/h4-5,12,14-15H,3,6-7H2,1-2H3,(H,16,17). The summed E-state index contributed by atoms with van der Waals surface area (Å²) in [5, 5.41) is 27.2. The number of nitrogens with one attached hydrogen (secondary N) is 1. The first-order valence-electron chi connectivity index (χ1n) is 5.88. The van der Waals surface area contributed by atoms with Gasteiger partial charge < -0.3 is 19.9 Å². The number of hydrogen-bond donors (Lipinski definition) is 4. The van der Waals surface area contributed by atoms with Crippen molar-refractivity contribution in [3.8, 4) is 0 Å². The molecule has 0 amide bonds. The molecule has 0 saturated carbocycles. The van der Waals surface area contributed by atoms with E-state index in [0.29, 0.717) is 6.54 Å². The summed E-state index contributed by atoms with van der Waals surface area (Å²) in [6.07, 6.45) is 1.20. The van der Waals surface area contributed by atoms with Crippen LogP contribution in [0.3, 0.4) is 0 Å². The number of aryl methyl sites for hydroxylation is 1. The molecule has 0 aliphatic heterocycles. The van der Waals surface area contributed by atoms with Crippen LogP contribution in [-0.2, 0) is 16.6 Å². The minimum Gasteiger partial charge on any atom is -0.477 e. The Morgan fingerprint density at radius 3 is 2.30 bits per heavy atom. The smallest absolute Gasteiger partial charge is 0.352 e. The molecule has 9 heteroatoms. The van der Waals surface area contributed by atoms with Crippen LogP contribution in [0, 0.1) is 0 Å². The number of hydrogen-bond acceptors (Lipinski definition) is 5. The van der Waals surface area contributed by atoms with Gasteiger partial charge in [0.1, 0.15) is 10.6 Å². The van der Waals surface area contributed by atoms with Crippen molar-refractivity contribution in [2.45, 2.75) is 30.8 Å². The molecule has 0 saturated heterocycles. The van der Waals surface area contributed by atoms with E-state index < -0.39 is 34.7 Å². The summed E-state index contributed by atoms with van der Waals surface area (Å²) >= 11 is 0. The number of aliphatic hydroxyl groups excluding tert-OH is 2. The summed E-state index contributed by atoms with van der Waals surface area (Å²) in [4.78, 5) is 10.8. The molecule has 0 unspecified atom stereocenters. The molecule has 114 valence electrons. The average molecular weight is 306 g/mol. The maximum atomic E-state index is 12.1. The lowest BCUT2D eigenvalue weighted by atomic mass is 10.1. The highest BCUT2D eigenvalue weighted by molar-refractivity contribution is 7.89. The molecule has 8 nitrogen and oxygen atoms in total. The maximum Gasteiger partial charge on any atom is 0.352 e. The predicted octanol–water partition coefficient (Wildman–Crippen LogP) is -0.772. The van der Waals surface area contributed by atoms with Crippen LogP contribution < -0.4 is 4.72 Å². The van der Waals surface area contributed by atoms with E-state index in [2.05, 4.69) is 4.72 Å². The van der Waals surface area contributed by atoms with Crippen molar-refractivity contribution in [1.29, 1.82) is 0 Å². The third-order valence-corrected chi connectivity index (χ3v) is 4.43. The normalized spacial score (nSPS) is 12.6. The van der Waals surface area contributed by atoms with Gasteiger partial charge >= 0.3 is 5.97 Å². The molecule has 4 N–H and O–H groups in total. The number of carbonyl (C=O) groups is 1. The highest BCUT2D eigenvalue weighted by atomic mass is 32.2. The van der Waals surface area contributed by atoms with Gasteiger partial charge in [-0.2, -0.15) is 0 Å². The van der Waals surface area contributed by atoms with Crippen LogP contribution in [0.4, 0.5) is 0 Å². The third kappa shape index (κ3) is 3.37. The zero-order valence-electron chi connectivity index (χ0n) is 11.2. The van der Waals surface area contributed by atoms with Crippen molar-refractivity contribution in [1.82, 2.24) is 9.29 Å². The Morgan fingerprint density at radius 1 is 1.40 bits per heavy atom. The Hall–Kier alpha value is -1.42. The van der Waals surface area contributed by atoms with Gasteiger partial charge in [0.05, 0.1) is 18.8 Å². The molecule has 0 radical (unpaired) electrons. The van der Waals surface area contributed by atoms with Gasteiger partial charge in [-0.3, -0.25) is 0 Å². The summed E-state index contributed by atoms with van der Waals surface area (Å²) in [7, 11) is -4.04. The number of sulfonamides is 1. The molecule has 20 heavy (non-hydrogen) atoms. The minimum atomic E-state index is -4.04. The summed E-state index contributed by atoms with van der Waals surface area (Å²) in [6, 6.07) is 1.03. The molecule has 1 rings (SSSR count). The summed E-state index contributed by atoms with van der Waals surface area (Å²) < 4.78 is 27.7.